The van der Waals surface area contributed by atoms with Crippen LogP contribution in [0.2, 0.25) is 5.02 Å². The van der Waals surface area contributed by atoms with E-state index in [-0.39, 0.29) is 10.6 Å². The molecule has 0 spiro atoms. The van der Waals surface area contributed by atoms with Crippen molar-refractivity contribution >= 4 is 17.6 Å². The van der Waals surface area contributed by atoms with Crippen molar-refractivity contribution in [3.8, 4) is 6.07 Å². The first-order valence-corrected chi connectivity index (χ1v) is 3.96. The summed E-state index contributed by atoms with van der Waals surface area (Å²) in [4.78, 5) is 11.1. The summed E-state index contributed by atoms with van der Waals surface area (Å²) < 4.78 is 17.4. The van der Waals surface area contributed by atoms with Gasteiger partial charge in [0.25, 0.3) is 0 Å². The molecule has 0 saturated carbocycles. The maximum absolute atomic E-state index is 13.0. The number of methoxy groups -OCH3 is 1. The Balaban J connectivity index is 3.47. The van der Waals surface area contributed by atoms with Crippen molar-refractivity contribution in [3.05, 3.63) is 34.1 Å². The Labute approximate surface area is 84.7 Å². The third-order valence-corrected chi connectivity index (χ3v) is 1.92. The standard InChI is InChI=1S/C9H5ClFNO2/c1-14-9(13)8-5(4-12)7(11)3-2-6(8)10/h2-3H,1H3. The normalized spacial score (nSPS) is 9.29. The highest BCUT2D eigenvalue weighted by molar-refractivity contribution is 6.33. The van der Waals surface area contributed by atoms with E-state index >= 15 is 0 Å². The molecule has 0 N–H and O–H groups in total. The molecule has 0 aliphatic rings. The summed E-state index contributed by atoms with van der Waals surface area (Å²) in [5.41, 5.74) is -0.638. The van der Waals surface area contributed by atoms with Gasteiger partial charge in [0, 0.05) is 0 Å². The number of carbonyl (C=O) groups excluding carboxylic acids is 1. The molecule has 0 bridgehead atoms. The van der Waals surface area contributed by atoms with Gasteiger partial charge in [-0.3, -0.25) is 0 Å². The van der Waals surface area contributed by atoms with Gasteiger partial charge in [0.15, 0.2) is 0 Å². The molecule has 72 valence electrons. The fourth-order valence-electron chi connectivity index (χ4n) is 0.963. The van der Waals surface area contributed by atoms with Gasteiger partial charge < -0.3 is 4.74 Å². The van der Waals surface area contributed by atoms with E-state index in [1.807, 2.05) is 0 Å². The van der Waals surface area contributed by atoms with E-state index in [0.717, 1.165) is 13.2 Å². The van der Waals surface area contributed by atoms with Crippen molar-refractivity contribution in [2.45, 2.75) is 0 Å². The van der Waals surface area contributed by atoms with E-state index in [4.69, 9.17) is 16.9 Å². The fraction of sp³-hybridized carbons (Fsp3) is 0.111. The third-order valence-electron chi connectivity index (χ3n) is 1.60. The Morgan fingerprint density at radius 1 is 1.64 bits per heavy atom. The second-order valence-electron chi connectivity index (χ2n) is 2.38. The number of esters is 1. The van der Waals surface area contributed by atoms with E-state index in [1.54, 1.807) is 6.07 Å². The molecule has 0 aromatic heterocycles. The third kappa shape index (κ3) is 1.68. The van der Waals surface area contributed by atoms with Crippen LogP contribution in [0.4, 0.5) is 4.39 Å². The highest BCUT2D eigenvalue weighted by Crippen LogP contribution is 2.22. The number of carbonyl (C=O) groups is 1. The van der Waals surface area contributed by atoms with E-state index < -0.39 is 17.3 Å². The molecule has 0 aliphatic heterocycles. The first-order chi connectivity index (χ1) is 6.61. The molecule has 5 heteroatoms. The minimum Gasteiger partial charge on any atom is -0.465 e. The van der Waals surface area contributed by atoms with Crippen molar-refractivity contribution in [3.63, 3.8) is 0 Å². The van der Waals surface area contributed by atoms with Gasteiger partial charge in [-0.15, -0.1) is 0 Å². The molecular formula is C9H5ClFNO2. The molecule has 0 saturated heterocycles. The quantitative estimate of drug-likeness (QED) is 0.672. The molecule has 14 heavy (non-hydrogen) atoms. The summed E-state index contributed by atoms with van der Waals surface area (Å²) in [7, 11) is 1.13. The molecule has 0 unspecified atom stereocenters. The molecule has 1 aromatic rings. The average Bonchev–Trinajstić information content (AvgIpc) is 2.19. The predicted molar refractivity (Wildman–Crippen MR) is 47.5 cm³/mol. The highest BCUT2D eigenvalue weighted by atomic mass is 35.5. The number of ether oxygens (including phenoxy) is 1. The van der Waals surface area contributed by atoms with Crippen molar-refractivity contribution < 1.29 is 13.9 Å². The van der Waals surface area contributed by atoms with Crippen LogP contribution in [0.3, 0.4) is 0 Å². The topological polar surface area (TPSA) is 50.1 Å². The Morgan fingerprint density at radius 3 is 2.79 bits per heavy atom. The van der Waals surface area contributed by atoms with E-state index in [0.29, 0.717) is 0 Å². The van der Waals surface area contributed by atoms with E-state index in [1.165, 1.54) is 6.07 Å². The zero-order valence-electron chi connectivity index (χ0n) is 7.17. The summed E-state index contributed by atoms with van der Waals surface area (Å²) in [6.45, 7) is 0. The Morgan fingerprint density at radius 2 is 2.29 bits per heavy atom. The number of benzene rings is 1. The maximum atomic E-state index is 13.0. The Kier molecular flexibility index (Phi) is 3.05. The van der Waals surface area contributed by atoms with Crippen LogP contribution in [0.25, 0.3) is 0 Å². The van der Waals surface area contributed by atoms with Crippen LogP contribution in [0.1, 0.15) is 15.9 Å². The first-order valence-electron chi connectivity index (χ1n) is 3.58. The van der Waals surface area contributed by atoms with Gasteiger partial charge in [0.05, 0.1) is 17.7 Å². The Hall–Kier alpha value is -1.60. The lowest BCUT2D eigenvalue weighted by atomic mass is 10.1. The highest BCUT2D eigenvalue weighted by Gasteiger charge is 2.19. The zero-order valence-corrected chi connectivity index (χ0v) is 7.93. The number of nitrogens with zero attached hydrogens (tertiary/aromatic N) is 1. The second kappa shape index (κ2) is 4.07. The lowest BCUT2D eigenvalue weighted by Gasteiger charge is -2.04. The van der Waals surface area contributed by atoms with Gasteiger partial charge in [-0.25, -0.2) is 9.18 Å². The predicted octanol–water partition coefficient (Wildman–Crippen LogP) is 2.14. The monoisotopic (exact) mass is 213 g/mol. The lowest BCUT2D eigenvalue weighted by molar-refractivity contribution is 0.0600. The van der Waals surface area contributed by atoms with Crippen molar-refractivity contribution in [1.82, 2.24) is 0 Å². The summed E-state index contributed by atoms with van der Waals surface area (Å²) in [5.74, 6) is -1.62. The molecule has 0 atom stereocenters. The van der Waals surface area contributed by atoms with Gasteiger partial charge in [-0.1, -0.05) is 11.6 Å². The number of nitriles is 1. The van der Waals surface area contributed by atoms with Crippen LogP contribution in [-0.4, -0.2) is 13.1 Å². The largest absolute Gasteiger partial charge is 0.465 e. The van der Waals surface area contributed by atoms with Crippen LogP contribution < -0.4 is 0 Å². The lowest BCUT2D eigenvalue weighted by Crippen LogP contribution is -2.06. The fourth-order valence-corrected chi connectivity index (χ4v) is 1.20. The summed E-state index contributed by atoms with van der Waals surface area (Å²) in [5, 5.41) is 8.61. The molecule has 0 heterocycles. The average molecular weight is 214 g/mol. The van der Waals surface area contributed by atoms with Crippen LogP contribution in [0, 0.1) is 17.1 Å². The molecule has 1 aromatic carbocycles. The molecule has 0 radical (unpaired) electrons. The number of hydrogen-bond donors (Lipinski definition) is 0. The van der Waals surface area contributed by atoms with Crippen LogP contribution in [0.15, 0.2) is 12.1 Å². The first kappa shape index (κ1) is 10.5. The van der Waals surface area contributed by atoms with Gasteiger partial charge >= 0.3 is 5.97 Å². The van der Waals surface area contributed by atoms with Gasteiger partial charge in [0.2, 0.25) is 0 Å². The Bertz CT molecular complexity index is 426. The SMILES string of the molecule is COC(=O)c1c(Cl)ccc(F)c1C#N. The van der Waals surface area contributed by atoms with Crippen LogP contribution in [-0.2, 0) is 4.74 Å². The number of halogens is 2. The smallest absolute Gasteiger partial charge is 0.340 e. The summed E-state index contributed by atoms with van der Waals surface area (Å²) in [6, 6.07) is 3.78. The molecule has 0 fully saturated rings. The summed E-state index contributed by atoms with van der Waals surface area (Å²) >= 11 is 5.64. The van der Waals surface area contributed by atoms with Crippen molar-refractivity contribution in [2.24, 2.45) is 0 Å². The molecule has 3 nitrogen and oxygen atoms in total. The number of rotatable bonds is 1. The van der Waals surface area contributed by atoms with E-state index in [2.05, 4.69) is 4.74 Å². The molecule has 1 rings (SSSR count). The van der Waals surface area contributed by atoms with Crippen molar-refractivity contribution in [2.75, 3.05) is 7.11 Å². The van der Waals surface area contributed by atoms with Crippen LogP contribution in [0.5, 0.6) is 0 Å². The molecule has 0 aliphatic carbocycles. The second-order valence-corrected chi connectivity index (χ2v) is 2.79. The zero-order chi connectivity index (χ0) is 10.7. The summed E-state index contributed by atoms with van der Waals surface area (Å²) in [6.07, 6.45) is 0. The van der Waals surface area contributed by atoms with Gasteiger partial charge in [-0.2, -0.15) is 5.26 Å². The molecule has 0 amide bonds. The van der Waals surface area contributed by atoms with Gasteiger partial charge in [0.1, 0.15) is 17.4 Å². The van der Waals surface area contributed by atoms with Crippen molar-refractivity contribution in [1.29, 1.82) is 5.26 Å². The number of hydrogen-bond acceptors (Lipinski definition) is 3. The minimum atomic E-state index is -0.828. The molecular weight excluding hydrogens is 209 g/mol. The minimum absolute atomic E-state index is 0.00481. The van der Waals surface area contributed by atoms with Gasteiger partial charge in [-0.05, 0) is 12.1 Å². The van der Waals surface area contributed by atoms with Crippen LogP contribution >= 0.6 is 11.6 Å². The van der Waals surface area contributed by atoms with E-state index in [9.17, 15) is 9.18 Å². The maximum Gasteiger partial charge on any atom is 0.340 e.